The van der Waals surface area contributed by atoms with Gasteiger partial charge in [-0.1, -0.05) is 0 Å². The molecule has 0 spiro atoms. The number of benzene rings is 1. The van der Waals surface area contributed by atoms with Gasteiger partial charge in [0.1, 0.15) is 22.7 Å². The number of pyridine rings is 2. The Labute approximate surface area is 254 Å². The molecule has 0 radical (unpaired) electrons. The van der Waals surface area contributed by atoms with Gasteiger partial charge in [0.25, 0.3) is 5.91 Å². The molecule has 2 unspecified atom stereocenters. The third-order valence-electron chi connectivity index (χ3n) is 9.89. The second-order valence-electron chi connectivity index (χ2n) is 12.6. The van der Waals surface area contributed by atoms with E-state index in [0.717, 1.165) is 58.7 Å². The Morgan fingerprint density at radius 1 is 1.11 bits per heavy atom. The van der Waals surface area contributed by atoms with Gasteiger partial charge in [-0.2, -0.15) is 0 Å². The molecule has 5 aromatic rings. The van der Waals surface area contributed by atoms with Gasteiger partial charge >= 0.3 is 0 Å². The van der Waals surface area contributed by atoms with E-state index in [-0.39, 0.29) is 24.6 Å². The van der Waals surface area contributed by atoms with Gasteiger partial charge in [0.2, 0.25) is 0 Å². The standard InChI is InChI=1S/C33H36N8O3/c1-39-29-24(10-20(12-27(29)44-2)33(43)41-15-19-6-8-25(41)28(19)34)38-32(39)26-11-18-5-7-23(21-9-22(16-42)30(35)36-13-21)37-31(18)40(26)14-17-3-4-17/h5,7,9-13,17,19,25,28,42H,3-4,6,8,14-16,34H2,1-2H3,(H2,35,36)/t19?,25?,28-/m1/s1. The lowest BCUT2D eigenvalue weighted by atomic mass is 10.1. The fourth-order valence-corrected chi connectivity index (χ4v) is 7.27. The Balaban J connectivity index is 1.24. The van der Waals surface area contributed by atoms with Crippen molar-refractivity contribution >= 4 is 33.8 Å². The smallest absolute Gasteiger partial charge is 0.254 e. The van der Waals surface area contributed by atoms with E-state index in [2.05, 4.69) is 21.7 Å². The zero-order valence-electron chi connectivity index (χ0n) is 24.9. The number of carbonyl (C=O) groups is 1. The second-order valence-corrected chi connectivity index (χ2v) is 12.6. The summed E-state index contributed by atoms with van der Waals surface area (Å²) in [7, 11) is 3.62. The van der Waals surface area contributed by atoms with E-state index >= 15 is 0 Å². The van der Waals surface area contributed by atoms with E-state index < -0.39 is 0 Å². The van der Waals surface area contributed by atoms with Crippen molar-refractivity contribution in [2.75, 3.05) is 19.4 Å². The van der Waals surface area contributed by atoms with Gasteiger partial charge in [-0.15, -0.1) is 0 Å². The van der Waals surface area contributed by atoms with Gasteiger partial charge in [-0.25, -0.2) is 15.0 Å². The van der Waals surface area contributed by atoms with Crippen LogP contribution in [0.2, 0.25) is 0 Å². The number of piperidine rings is 1. The number of hydrogen-bond acceptors (Lipinski definition) is 8. The number of methoxy groups -OCH3 is 1. The van der Waals surface area contributed by atoms with Crippen LogP contribution in [-0.4, -0.2) is 65.7 Å². The molecule has 1 saturated heterocycles. The highest BCUT2D eigenvalue weighted by atomic mass is 16.5. The third-order valence-corrected chi connectivity index (χ3v) is 9.89. The number of hydrogen-bond donors (Lipinski definition) is 3. The summed E-state index contributed by atoms with van der Waals surface area (Å²) in [5.41, 5.74) is 18.4. The Morgan fingerprint density at radius 3 is 2.66 bits per heavy atom. The van der Waals surface area contributed by atoms with E-state index in [1.807, 2.05) is 40.8 Å². The Kier molecular flexibility index (Phi) is 6.18. The minimum absolute atomic E-state index is 0.0128. The number of nitrogens with two attached hydrogens (primary N) is 2. The Morgan fingerprint density at radius 2 is 1.95 bits per heavy atom. The molecule has 2 saturated carbocycles. The quantitative estimate of drug-likeness (QED) is 0.259. The first-order valence-electron chi connectivity index (χ1n) is 15.3. The van der Waals surface area contributed by atoms with Crippen LogP contribution in [0.15, 0.2) is 42.6 Å². The first kappa shape index (κ1) is 27.1. The average Bonchev–Trinajstić information content (AvgIpc) is 3.44. The number of carbonyl (C=O) groups excluding carboxylic acids is 1. The summed E-state index contributed by atoms with van der Waals surface area (Å²) in [6, 6.07) is 11.9. The normalized spacial score (nSPS) is 21.2. The molecule has 1 aromatic carbocycles. The average molecular weight is 593 g/mol. The predicted molar refractivity (Wildman–Crippen MR) is 168 cm³/mol. The highest BCUT2D eigenvalue weighted by molar-refractivity contribution is 6.00. The van der Waals surface area contributed by atoms with Gasteiger partial charge in [-0.05, 0) is 73.9 Å². The van der Waals surface area contributed by atoms with Crippen LogP contribution in [0.1, 0.15) is 41.6 Å². The minimum atomic E-state index is -0.187. The summed E-state index contributed by atoms with van der Waals surface area (Å²) in [5.74, 6) is 2.66. The number of ether oxygens (including phenoxy) is 1. The number of amides is 1. The molecule has 4 aromatic heterocycles. The van der Waals surface area contributed by atoms with Gasteiger partial charge in [-0.3, -0.25) is 4.79 Å². The number of aliphatic hydroxyl groups is 1. The molecule has 5 heterocycles. The molecule has 8 rings (SSSR count). The number of rotatable bonds is 7. The maximum Gasteiger partial charge on any atom is 0.254 e. The lowest BCUT2D eigenvalue weighted by Gasteiger charge is -2.27. The maximum atomic E-state index is 13.7. The van der Waals surface area contributed by atoms with Gasteiger partial charge < -0.3 is 35.3 Å². The fraction of sp³-hybridized carbons (Fsp3) is 0.394. The number of nitrogen functional groups attached to an aromatic ring is 1. The van der Waals surface area contributed by atoms with Gasteiger partial charge in [0.15, 0.2) is 5.82 Å². The van der Waals surface area contributed by atoms with E-state index in [9.17, 15) is 9.90 Å². The molecule has 226 valence electrons. The minimum Gasteiger partial charge on any atom is -0.494 e. The number of anilines is 1. The number of aryl methyl sites for hydroxylation is 1. The summed E-state index contributed by atoms with van der Waals surface area (Å²) in [5, 5.41) is 10.7. The van der Waals surface area contributed by atoms with E-state index in [4.69, 9.17) is 26.2 Å². The highest BCUT2D eigenvalue weighted by Gasteiger charge is 2.47. The van der Waals surface area contributed by atoms with Crippen molar-refractivity contribution in [3.8, 4) is 28.5 Å². The molecule has 3 fully saturated rings. The summed E-state index contributed by atoms with van der Waals surface area (Å²) in [4.78, 5) is 30.1. The monoisotopic (exact) mass is 592 g/mol. The van der Waals surface area contributed by atoms with Crippen molar-refractivity contribution in [3.05, 3.63) is 53.7 Å². The van der Waals surface area contributed by atoms with Crippen LogP contribution in [0.3, 0.4) is 0 Å². The number of imidazole rings is 1. The van der Waals surface area contributed by atoms with Crippen LogP contribution in [0, 0.1) is 11.8 Å². The number of fused-ring (bicyclic) bond motifs is 4. The third kappa shape index (κ3) is 4.17. The molecule has 44 heavy (non-hydrogen) atoms. The molecule has 11 heteroatoms. The van der Waals surface area contributed by atoms with Crippen LogP contribution in [0.25, 0.3) is 44.8 Å². The lowest BCUT2D eigenvalue weighted by Crippen LogP contribution is -2.41. The van der Waals surface area contributed by atoms with Crippen LogP contribution < -0.4 is 16.2 Å². The molecule has 3 atom stereocenters. The van der Waals surface area contributed by atoms with Crippen molar-refractivity contribution < 1.29 is 14.6 Å². The van der Waals surface area contributed by atoms with Crippen molar-refractivity contribution in [1.29, 1.82) is 0 Å². The van der Waals surface area contributed by atoms with E-state index in [1.165, 1.54) is 12.8 Å². The van der Waals surface area contributed by atoms with Crippen LogP contribution in [0.5, 0.6) is 5.75 Å². The maximum absolute atomic E-state index is 13.7. The largest absolute Gasteiger partial charge is 0.494 e. The van der Waals surface area contributed by atoms with Gasteiger partial charge in [0.05, 0.1) is 30.6 Å². The molecule has 5 N–H and O–H groups in total. The molecule has 2 aliphatic carbocycles. The molecule has 1 amide bonds. The second kappa shape index (κ2) is 10.0. The summed E-state index contributed by atoms with van der Waals surface area (Å²) in [6.45, 7) is 1.36. The zero-order chi connectivity index (χ0) is 30.3. The van der Waals surface area contributed by atoms with E-state index in [0.29, 0.717) is 46.6 Å². The SMILES string of the molecule is COc1cc(C(=O)N2CC3CCC2[C@@H]3N)cc2nc(-c3cc4ccc(-c5cnc(N)c(CO)c5)nc4n3CC3CC3)n(C)c12. The number of likely N-dealkylation sites (tertiary alicyclic amines) is 1. The number of aliphatic hydroxyl groups excluding tert-OH is 1. The van der Waals surface area contributed by atoms with Gasteiger partial charge in [0, 0.05) is 60.5 Å². The molecule has 1 aliphatic heterocycles. The van der Waals surface area contributed by atoms with Crippen LogP contribution >= 0.6 is 0 Å². The van der Waals surface area contributed by atoms with Crippen molar-refractivity contribution in [2.45, 2.75) is 50.9 Å². The first-order valence-corrected chi connectivity index (χ1v) is 15.3. The van der Waals surface area contributed by atoms with Crippen LogP contribution in [-0.2, 0) is 20.2 Å². The van der Waals surface area contributed by atoms with Crippen LogP contribution in [0.4, 0.5) is 5.82 Å². The first-order chi connectivity index (χ1) is 21.3. The molecule has 3 aliphatic rings. The summed E-state index contributed by atoms with van der Waals surface area (Å²) in [6.07, 6.45) is 6.11. The van der Waals surface area contributed by atoms with E-state index in [1.54, 1.807) is 13.3 Å². The predicted octanol–water partition coefficient (Wildman–Crippen LogP) is 3.71. The van der Waals surface area contributed by atoms with Crippen molar-refractivity contribution in [2.24, 2.45) is 24.6 Å². The molecule has 11 nitrogen and oxygen atoms in total. The molecular weight excluding hydrogens is 556 g/mol. The lowest BCUT2D eigenvalue weighted by molar-refractivity contribution is 0.0700. The number of aromatic nitrogens is 5. The van der Waals surface area contributed by atoms with Crippen molar-refractivity contribution in [1.82, 2.24) is 29.0 Å². The topological polar surface area (TPSA) is 150 Å². The fourth-order valence-electron chi connectivity index (χ4n) is 7.27. The Hall–Kier alpha value is -4.48. The number of nitrogens with zero attached hydrogens (tertiary/aromatic N) is 6. The summed E-state index contributed by atoms with van der Waals surface area (Å²) >= 11 is 0. The molecular formula is C33H36N8O3. The zero-order valence-corrected chi connectivity index (χ0v) is 24.9. The van der Waals surface area contributed by atoms with Crippen molar-refractivity contribution in [3.63, 3.8) is 0 Å². The highest BCUT2D eigenvalue weighted by Crippen LogP contribution is 2.40. The summed E-state index contributed by atoms with van der Waals surface area (Å²) < 4.78 is 10.1. The molecule has 2 bridgehead atoms. The Bertz CT molecular complexity index is 1960.